The molecule has 0 saturated heterocycles. The lowest BCUT2D eigenvalue weighted by atomic mass is 10.1. The van der Waals surface area contributed by atoms with E-state index in [1.165, 1.54) is 0 Å². The van der Waals surface area contributed by atoms with Crippen LogP contribution in [0.1, 0.15) is 10.4 Å². The first-order chi connectivity index (χ1) is 9.47. The van der Waals surface area contributed by atoms with Crippen molar-refractivity contribution in [1.82, 2.24) is 0 Å². The highest BCUT2D eigenvalue weighted by Gasteiger charge is 2.11. The average Bonchev–Trinajstić information content (AvgIpc) is 2.38. The zero-order chi connectivity index (χ0) is 14.7. The van der Waals surface area contributed by atoms with E-state index in [4.69, 9.17) is 5.73 Å². The van der Waals surface area contributed by atoms with Crippen molar-refractivity contribution in [3.63, 3.8) is 0 Å². The Kier molecular flexibility index (Phi) is 4.29. The van der Waals surface area contributed by atoms with Crippen molar-refractivity contribution in [3.05, 3.63) is 52.5 Å². The molecule has 0 atom stereocenters. The number of nitrogens with two attached hydrogens (primary N) is 1. The van der Waals surface area contributed by atoms with Crippen LogP contribution in [0.15, 0.2) is 46.9 Å². The number of hydrogen-bond acceptors (Lipinski definition) is 3. The summed E-state index contributed by atoms with van der Waals surface area (Å²) < 4.78 is 0.908. The Balaban J connectivity index is 2.30. The quantitative estimate of drug-likeness (QED) is 0.847. The lowest BCUT2D eigenvalue weighted by molar-refractivity contribution is 0.102. The van der Waals surface area contributed by atoms with Crippen molar-refractivity contribution >= 4 is 38.9 Å². The summed E-state index contributed by atoms with van der Waals surface area (Å²) in [5.74, 6) is -0.182. The van der Waals surface area contributed by atoms with Crippen molar-refractivity contribution in [2.24, 2.45) is 0 Å². The molecule has 0 saturated carbocycles. The van der Waals surface area contributed by atoms with Crippen LogP contribution < -0.4 is 16.0 Å². The number of anilines is 3. The van der Waals surface area contributed by atoms with Crippen LogP contribution in [0.5, 0.6) is 0 Å². The Labute approximate surface area is 126 Å². The molecule has 4 nitrogen and oxygen atoms in total. The minimum Gasteiger partial charge on any atom is -0.399 e. The first-order valence-electron chi connectivity index (χ1n) is 6.11. The monoisotopic (exact) mass is 333 g/mol. The van der Waals surface area contributed by atoms with E-state index < -0.39 is 0 Å². The molecule has 104 valence electrons. The number of carbonyl (C=O) groups excluding carboxylic acids is 1. The summed E-state index contributed by atoms with van der Waals surface area (Å²) in [6.07, 6.45) is 0. The standard InChI is InChI=1S/C15H16BrN3O/c1-19(2)14-7-6-11(16)9-13(14)18-15(20)10-4-3-5-12(17)8-10/h3-9H,17H2,1-2H3,(H,18,20). The zero-order valence-corrected chi connectivity index (χ0v) is 12.9. The fourth-order valence-electron chi connectivity index (χ4n) is 1.87. The molecule has 0 radical (unpaired) electrons. The minimum absolute atomic E-state index is 0.182. The molecule has 3 N–H and O–H groups in total. The molecule has 0 aromatic heterocycles. The Morgan fingerprint density at radius 3 is 2.60 bits per heavy atom. The maximum atomic E-state index is 12.3. The highest BCUT2D eigenvalue weighted by Crippen LogP contribution is 2.28. The van der Waals surface area contributed by atoms with Gasteiger partial charge in [-0.3, -0.25) is 4.79 Å². The number of amides is 1. The maximum Gasteiger partial charge on any atom is 0.255 e. The van der Waals surface area contributed by atoms with Gasteiger partial charge in [0.2, 0.25) is 0 Å². The first kappa shape index (κ1) is 14.4. The molecule has 2 aromatic rings. The number of nitrogen functional groups attached to an aromatic ring is 1. The number of benzene rings is 2. The molecule has 0 aliphatic rings. The van der Waals surface area contributed by atoms with Crippen molar-refractivity contribution in [3.8, 4) is 0 Å². The molecule has 0 unspecified atom stereocenters. The van der Waals surface area contributed by atoms with Crippen LogP contribution in [-0.2, 0) is 0 Å². The molecule has 2 aromatic carbocycles. The van der Waals surface area contributed by atoms with Crippen LogP contribution in [0.25, 0.3) is 0 Å². The van der Waals surface area contributed by atoms with Gasteiger partial charge in [-0.25, -0.2) is 0 Å². The number of halogens is 1. The number of nitrogens with one attached hydrogen (secondary N) is 1. The fraction of sp³-hybridized carbons (Fsp3) is 0.133. The molecule has 0 aliphatic carbocycles. The summed E-state index contributed by atoms with van der Waals surface area (Å²) in [4.78, 5) is 14.2. The highest BCUT2D eigenvalue weighted by atomic mass is 79.9. The third-order valence-corrected chi connectivity index (χ3v) is 3.33. The molecule has 0 heterocycles. The number of carbonyl (C=O) groups is 1. The topological polar surface area (TPSA) is 58.4 Å². The number of rotatable bonds is 3. The third kappa shape index (κ3) is 3.30. The van der Waals surface area contributed by atoms with Crippen LogP contribution in [0.2, 0.25) is 0 Å². The Morgan fingerprint density at radius 2 is 1.95 bits per heavy atom. The van der Waals surface area contributed by atoms with E-state index >= 15 is 0 Å². The van der Waals surface area contributed by atoms with Crippen LogP contribution in [0.4, 0.5) is 17.1 Å². The van der Waals surface area contributed by atoms with E-state index in [0.29, 0.717) is 11.3 Å². The first-order valence-corrected chi connectivity index (χ1v) is 6.90. The molecule has 2 rings (SSSR count). The second-order valence-electron chi connectivity index (χ2n) is 4.64. The Hall–Kier alpha value is -2.01. The van der Waals surface area contributed by atoms with E-state index in [-0.39, 0.29) is 5.91 Å². The normalized spacial score (nSPS) is 10.2. The van der Waals surface area contributed by atoms with Crippen molar-refractivity contribution in [2.75, 3.05) is 30.0 Å². The summed E-state index contributed by atoms with van der Waals surface area (Å²) in [7, 11) is 3.86. The van der Waals surface area contributed by atoms with Crippen molar-refractivity contribution in [1.29, 1.82) is 0 Å². The van der Waals surface area contributed by atoms with Gasteiger partial charge in [0.15, 0.2) is 0 Å². The minimum atomic E-state index is -0.182. The average molecular weight is 334 g/mol. The zero-order valence-electron chi connectivity index (χ0n) is 11.4. The van der Waals surface area contributed by atoms with Gasteiger partial charge in [-0.05, 0) is 36.4 Å². The summed E-state index contributed by atoms with van der Waals surface area (Å²) >= 11 is 3.41. The van der Waals surface area contributed by atoms with E-state index in [1.54, 1.807) is 24.3 Å². The summed E-state index contributed by atoms with van der Waals surface area (Å²) in [6.45, 7) is 0. The summed E-state index contributed by atoms with van der Waals surface area (Å²) in [6, 6.07) is 12.7. The van der Waals surface area contributed by atoms with Gasteiger partial charge in [0.1, 0.15) is 0 Å². The van der Waals surface area contributed by atoms with E-state index in [9.17, 15) is 4.79 Å². The van der Waals surface area contributed by atoms with Gasteiger partial charge in [-0.1, -0.05) is 22.0 Å². The van der Waals surface area contributed by atoms with Gasteiger partial charge in [0.05, 0.1) is 11.4 Å². The largest absolute Gasteiger partial charge is 0.399 e. The molecule has 0 fully saturated rings. The predicted octanol–water partition coefficient (Wildman–Crippen LogP) is 3.35. The number of nitrogens with zero attached hydrogens (tertiary/aromatic N) is 1. The Bertz CT molecular complexity index is 641. The van der Waals surface area contributed by atoms with Crippen molar-refractivity contribution in [2.45, 2.75) is 0 Å². The fourth-order valence-corrected chi connectivity index (χ4v) is 2.23. The molecule has 0 aliphatic heterocycles. The second kappa shape index (κ2) is 5.96. The lowest BCUT2D eigenvalue weighted by Crippen LogP contribution is -2.16. The second-order valence-corrected chi connectivity index (χ2v) is 5.55. The van der Waals surface area contributed by atoms with Crippen LogP contribution >= 0.6 is 15.9 Å². The van der Waals surface area contributed by atoms with Gasteiger partial charge in [0, 0.05) is 29.8 Å². The van der Waals surface area contributed by atoms with Gasteiger partial charge < -0.3 is 16.0 Å². The van der Waals surface area contributed by atoms with Gasteiger partial charge >= 0.3 is 0 Å². The molecule has 5 heteroatoms. The molecular formula is C15H16BrN3O. The molecule has 0 spiro atoms. The van der Waals surface area contributed by atoms with Gasteiger partial charge in [0.25, 0.3) is 5.91 Å². The van der Waals surface area contributed by atoms with Crippen LogP contribution in [-0.4, -0.2) is 20.0 Å². The maximum absolute atomic E-state index is 12.3. The smallest absolute Gasteiger partial charge is 0.255 e. The third-order valence-electron chi connectivity index (χ3n) is 2.84. The Morgan fingerprint density at radius 1 is 1.20 bits per heavy atom. The van der Waals surface area contributed by atoms with E-state index in [0.717, 1.165) is 15.8 Å². The van der Waals surface area contributed by atoms with Gasteiger partial charge in [-0.15, -0.1) is 0 Å². The van der Waals surface area contributed by atoms with Crippen molar-refractivity contribution < 1.29 is 4.79 Å². The molecular weight excluding hydrogens is 318 g/mol. The molecule has 20 heavy (non-hydrogen) atoms. The SMILES string of the molecule is CN(C)c1ccc(Br)cc1NC(=O)c1cccc(N)c1. The molecule has 1 amide bonds. The van der Waals surface area contributed by atoms with Gasteiger partial charge in [-0.2, -0.15) is 0 Å². The van der Waals surface area contributed by atoms with E-state index in [2.05, 4.69) is 21.2 Å². The predicted molar refractivity (Wildman–Crippen MR) is 87.3 cm³/mol. The van der Waals surface area contributed by atoms with Crippen LogP contribution in [0, 0.1) is 0 Å². The lowest BCUT2D eigenvalue weighted by Gasteiger charge is -2.18. The van der Waals surface area contributed by atoms with Crippen LogP contribution in [0.3, 0.4) is 0 Å². The molecule has 0 bridgehead atoms. The van der Waals surface area contributed by atoms with E-state index in [1.807, 2.05) is 37.2 Å². The highest BCUT2D eigenvalue weighted by molar-refractivity contribution is 9.10. The number of hydrogen-bond donors (Lipinski definition) is 2. The summed E-state index contributed by atoms with van der Waals surface area (Å²) in [5.41, 5.74) is 8.48. The summed E-state index contributed by atoms with van der Waals surface area (Å²) in [5, 5.41) is 2.91.